The standard InChI is InChI=1S/C25H21O2.BF3.FH/c1-18-8-10-20(11-9-18)24-16-22(19-6-4-3-5-7-19)17-25(27-24)21-12-14-23(26-2)15-13-21;2-1(3)4;/h3-17H,1-2H3;;1H/q+1;;/p-1. The van der Waals surface area contributed by atoms with Crippen LogP contribution in [0.1, 0.15) is 5.56 Å². The van der Waals surface area contributed by atoms with Gasteiger partial charge in [-0.2, -0.15) is 0 Å². The first-order valence-electron chi connectivity index (χ1n) is 9.63. The Morgan fingerprint density at radius 3 is 1.59 bits per heavy atom. The van der Waals surface area contributed by atoms with Crippen LogP contribution < -0.4 is 9.44 Å². The second-order valence-electron chi connectivity index (χ2n) is 6.78. The van der Waals surface area contributed by atoms with Crippen molar-refractivity contribution in [2.75, 3.05) is 7.11 Å². The third kappa shape index (κ3) is 6.70. The number of hydrogen-bond acceptors (Lipinski definition) is 1. The predicted octanol–water partition coefficient (Wildman–Crippen LogP) is 4.76. The molecular formula is C25H21BF4O2. The molecule has 164 valence electrons. The van der Waals surface area contributed by atoms with E-state index < -0.39 is 7.54 Å². The minimum atomic E-state index is -3.67. The molecule has 1 heterocycles. The molecule has 0 aliphatic rings. The van der Waals surface area contributed by atoms with Crippen LogP contribution >= 0.6 is 0 Å². The van der Waals surface area contributed by atoms with Crippen LogP contribution in [0.5, 0.6) is 5.75 Å². The highest BCUT2D eigenvalue weighted by atomic mass is 19.4. The molecule has 0 fully saturated rings. The van der Waals surface area contributed by atoms with Crippen LogP contribution in [0.3, 0.4) is 0 Å². The zero-order chi connectivity index (χ0) is 22.2. The van der Waals surface area contributed by atoms with E-state index in [0.717, 1.165) is 39.5 Å². The van der Waals surface area contributed by atoms with Gasteiger partial charge in [-0.15, -0.1) is 0 Å². The summed E-state index contributed by atoms with van der Waals surface area (Å²) in [4.78, 5) is 0. The predicted molar refractivity (Wildman–Crippen MR) is 120 cm³/mol. The molecule has 0 spiro atoms. The first-order chi connectivity index (χ1) is 15.0. The van der Waals surface area contributed by atoms with E-state index in [9.17, 15) is 12.9 Å². The van der Waals surface area contributed by atoms with Gasteiger partial charge in [0.25, 0.3) is 0 Å². The molecule has 0 radical (unpaired) electrons. The van der Waals surface area contributed by atoms with Gasteiger partial charge in [-0.05, 0) is 48.9 Å². The van der Waals surface area contributed by atoms with Crippen LogP contribution in [0.25, 0.3) is 33.8 Å². The molecule has 7 heteroatoms. The van der Waals surface area contributed by atoms with Gasteiger partial charge in [-0.25, -0.2) is 4.42 Å². The minimum Gasteiger partial charge on any atom is -1.00 e. The number of rotatable bonds is 4. The zero-order valence-electron chi connectivity index (χ0n) is 17.6. The van der Waals surface area contributed by atoms with Crippen LogP contribution in [-0.2, 0) is 0 Å². The fourth-order valence-electron chi connectivity index (χ4n) is 3.06. The van der Waals surface area contributed by atoms with Crippen molar-refractivity contribution < 1.29 is 26.8 Å². The lowest BCUT2D eigenvalue weighted by Gasteiger charge is -2.03. The summed E-state index contributed by atoms with van der Waals surface area (Å²) in [5.41, 5.74) is 5.60. The Hall–Kier alpha value is -3.61. The summed E-state index contributed by atoms with van der Waals surface area (Å²) < 4.78 is 40.6. The Balaban J connectivity index is 0.000000672. The second-order valence-corrected chi connectivity index (χ2v) is 6.78. The van der Waals surface area contributed by atoms with Crippen molar-refractivity contribution in [1.82, 2.24) is 0 Å². The number of methoxy groups -OCH3 is 1. The zero-order valence-corrected chi connectivity index (χ0v) is 17.6. The highest BCUT2D eigenvalue weighted by molar-refractivity contribution is 6.33. The molecule has 0 saturated heterocycles. The molecule has 2 nitrogen and oxygen atoms in total. The fraction of sp³-hybridized carbons (Fsp3) is 0.0800. The molecule has 32 heavy (non-hydrogen) atoms. The Morgan fingerprint density at radius 2 is 1.12 bits per heavy atom. The molecular weight excluding hydrogens is 419 g/mol. The number of hydrogen-bond donors (Lipinski definition) is 0. The Bertz CT molecular complexity index is 1100. The molecule has 0 amide bonds. The van der Waals surface area contributed by atoms with E-state index in [2.05, 4.69) is 67.6 Å². The smallest absolute Gasteiger partial charge is 0.762 e. The lowest BCUT2D eigenvalue weighted by Crippen LogP contribution is -3.00. The van der Waals surface area contributed by atoms with Gasteiger partial charge in [0.2, 0.25) is 0 Å². The van der Waals surface area contributed by atoms with Crippen LogP contribution in [0, 0.1) is 6.92 Å². The summed E-state index contributed by atoms with van der Waals surface area (Å²) in [5.74, 6) is 2.51. The fourth-order valence-corrected chi connectivity index (χ4v) is 3.06. The summed E-state index contributed by atoms with van der Waals surface area (Å²) >= 11 is 0. The van der Waals surface area contributed by atoms with Crippen molar-refractivity contribution in [3.8, 4) is 39.5 Å². The molecule has 1 aromatic heterocycles. The van der Waals surface area contributed by atoms with E-state index in [0.29, 0.717) is 0 Å². The molecule has 0 N–H and O–H groups in total. The summed E-state index contributed by atoms with van der Waals surface area (Å²) in [5, 5.41) is 0. The third-order valence-electron chi connectivity index (χ3n) is 4.61. The van der Waals surface area contributed by atoms with E-state index >= 15 is 0 Å². The molecule has 0 unspecified atom stereocenters. The molecule has 4 rings (SSSR count). The van der Waals surface area contributed by atoms with Gasteiger partial charge < -0.3 is 9.44 Å². The molecule has 0 aliphatic heterocycles. The monoisotopic (exact) mass is 440 g/mol. The highest BCUT2D eigenvalue weighted by Crippen LogP contribution is 2.33. The van der Waals surface area contributed by atoms with Crippen LogP contribution in [0.2, 0.25) is 0 Å². The van der Waals surface area contributed by atoms with Crippen molar-refractivity contribution in [2.24, 2.45) is 0 Å². The Morgan fingerprint density at radius 1 is 0.656 bits per heavy atom. The molecule has 0 atom stereocenters. The lowest BCUT2D eigenvalue weighted by atomic mass is 10.0. The van der Waals surface area contributed by atoms with Gasteiger partial charge in [0.1, 0.15) is 5.75 Å². The normalized spacial score (nSPS) is 9.78. The van der Waals surface area contributed by atoms with Gasteiger partial charge in [-0.3, -0.25) is 12.9 Å². The SMILES string of the molecule is COc1ccc(-c2cc(-c3ccccc3)cc(-c3ccc(C)cc3)[o+]2)cc1.FB(F)F.[F-]. The quantitative estimate of drug-likeness (QED) is 0.259. The van der Waals surface area contributed by atoms with Gasteiger partial charge in [0, 0.05) is 5.56 Å². The first kappa shape index (κ1) is 24.7. The minimum absolute atomic E-state index is 0. The van der Waals surface area contributed by atoms with Crippen LogP contribution in [0.15, 0.2) is 95.4 Å². The van der Waals surface area contributed by atoms with Crippen LogP contribution in [-0.4, -0.2) is 14.7 Å². The number of ether oxygens (including phenoxy) is 1. The summed E-state index contributed by atoms with van der Waals surface area (Å²) in [7, 11) is -2.00. The topological polar surface area (TPSA) is 20.5 Å². The van der Waals surface area contributed by atoms with E-state index in [1.807, 2.05) is 30.3 Å². The van der Waals surface area contributed by atoms with Gasteiger partial charge in [0.15, 0.2) is 0 Å². The molecule has 4 aromatic rings. The lowest BCUT2D eigenvalue weighted by molar-refractivity contribution is -0.00000977. The molecule has 0 bridgehead atoms. The third-order valence-corrected chi connectivity index (χ3v) is 4.61. The molecule has 0 aliphatic carbocycles. The van der Waals surface area contributed by atoms with Gasteiger partial charge >= 0.3 is 19.1 Å². The number of aryl methyl sites for hydroxylation is 1. The average Bonchev–Trinajstić information content (AvgIpc) is 2.79. The second kappa shape index (κ2) is 11.7. The maximum atomic E-state index is 9.67. The van der Waals surface area contributed by atoms with E-state index in [1.54, 1.807) is 7.11 Å². The van der Waals surface area contributed by atoms with Crippen molar-refractivity contribution in [1.29, 1.82) is 0 Å². The van der Waals surface area contributed by atoms with Gasteiger partial charge in [-0.1, -0.05) is 48.0 Å². The van der Waals surface area contributed by atoms with Crippen molar-refractivity contribution in [2.45, 2.75) is 6.92 Å². The van der Waals surface area contributed by atoms with E-state index in [-0.39, 0.29) is 4.70 Å². The first-order valence-corrected chi connectivity index (χ1v) is 9.63. The maximum absolute atomic E-state index is 9.67. The summed E-state index contributed by atoms with van der Waals surface area (Å²) in [6.07, 6.45) is 0. The van der Waals surface area contributed by atoms with Crippen molar-refractivity contribution >= 4 is 7.54 Å². The summed E-state index contributed by atoms with van der Waals surface area (Å²) in [6, 6.07) is 30.9. The average molecular weight is 440 g/mol. The summed E-state index contributed by atoms with van der Waals surface area (Å²) in [6.45, 7) is 2.09. The number of benzene rings is 3. The number of halogens is 4. The van der Waals surface area contributed by atoms with E-state index in [4.69, 9.17) is 9.15 Å². The van der Waals surface area contributed by atoms with E-state index in [1.165, 1.54) is 5.56 Å². The maximum Gasteiger partial charge on any atom is 0.762 e. The largest absolute Gasteiger partial charge is 1.00 e. The molecule has 3 aromatic carbocycles. The Labute approximate surface area is 184 Å². The van der Waals surface area contributed by atoms with Crippen molar-refractivity contribution in [3.63, 3.8) is 0 Å². The van der Waals surface area contributed by atoms with Crippen molar-refractivity contribution in [3.05, 3.63) is 96.6 Å². The van der Waals surface area contributed by atoms with Crippen LogP contribution in [0.4, 0.5) is 12.9 Å². The van der Waals surface area contributed by atoms with Gasteiger partial charge in [0.05, 0.1) is 30.4 Å². The Kier molecular flexibility index (Phi) is 9.01. The molecule has 0 saturated carbocycles. The highest BCUT2D eigenvalue weighted by Gasteiger charge is 2.20.